The summed E-state index contributed by atoms with van der Waals surface area (Å²) in [6.45, 7) is -0.0675. The quantitative estimate of drug-likeness (QED) is 0.637. The second-order valence-electron chi connectivity index (χ2n) is 5.19. The Morgan fingerprint density at radius 1 is 1.16 bits per heavy atom. The van der Waals surface area contributed by atoms with Crippen molar-refractivity contribution in [2.45, 2.75) is 6.42 Å². The van der Waals surface area contributed by atoms with E-state index in [0.29, 0.717) is 27.3 Å². The maximum Gasteiger partial charge on any atom is 0.264 e. The van der Waals surface area contributed by atoms with E-state index in [1.54, 1.807) is 30.5 Å². The van der Waals surface area contributed by atoms with Gasteiger partial charge in [0.15, 0.2) is 11.7 Å². The zero-order chi connectivity index (χ0) is 17.6. The molecule has 1 aromatic heterocycles. The van der Waals surface area contributed by atoms with Gasteiger partial charge in [0, 0.05) is 27.5 Å². The molecule has 0 unspecified atom stereocenters. The molecule has 1 heterocycles. The van der Waals surface area contributed by atoms with Crippen LogP contribution < -0.4 is 10.1 Å². The summed E-state index contributed by atoms with van der Waals surface area (Å²) in [5.41, 5.74) is 0.958. The number of nitrogens with zero attached hydrogens (tertiary/aromatic N) is 1. The highest BCUT2D eigenvalue weighted by molar-refractivity contribution is 7.15. The molecule has 1 N–H and O–H groups in total. The van der Waals surface area contributed by atoms with Crippen molar-refractivity contribution in [3.8, 4) is 5.75 Å². The Labute approximate surface area is 159 Å². The van der Waals surface area contributed by atoms with Gasteiger partial charge in [0.25, 0.3) is 5.91 Å². The number of benzene rings is 2. The van der Waals surface area contributed by atoms with Crippen LogP contribution in [-0.2, 0) is 11.2 Å². The van der Waals surface area contributed by atoms with Crippen molar-refractivity contribution in [3.05, 3.63) is 75.2 Å². The van der Waals surface area contributed by atoms with Gasteiger partial charge in [0.1, 0.15) is 5.75 Å². The van der Waals surface area contributed by atoms with E-state index in [1.807, 2.05) is 24.3 Å². The lowest BCUT2D eigenvalue weighted by molar-refractivity contribution is -0.118. The number of ether oxygens (including phenoxy) is 1. The van der Waals surface area contributed by atoms with E-state index in [2.05, 4.69) is 10.3 Å². The highest BCUT2D eigenvalue weighted by Crippen LogP contribution is 2.26. The summed E-state index contributed by atoms with van der Waals surface area (Å²) in [4.78, 5) is 17.1. The fourth-order valence-electron chi connectivity index (χ4n) is 2.12. The van der Waals surface area contributed by atoms with Crippen molar-refractivity contribution >= 4 is 45.6 Å². The van der Waals surface area contributed by atoms with Gasteiger partial charge in [0.05, 0.1) is 0 Å². The van der Waals surface area contributed by atoms with Gasteiger partial charge in [-0.25, -0.2) is 4.98 Å². The Morgan fingerprint density at radius 3 is 2.72 bits per heavy atom. The fourth-order valence-corrected chi connectivity index (χ4v) is 3.45. The summed E-state index contributed by atoms with van der Waals surface area (Å²) in [7, 11) is 0. The summed E-state index contributed by atoms with van der Waals surface area (Å²) in [5, 5.41) is 4.48. The van der Waals surface area contributed by atoms with E-state index in [9.17, 15) is 4.79 Å². The van der Waals surface area contributed by atoms with Crippen molar-refractivity contribution in [2.24, 2.45) is 0 Å². The molecule has 0 radical (unpaired) electrons. The minimum Gasteiger partial charge on any atom is -0.484 e. The van der Waals surface area contributed by atoms with Crippen molar-refractivity contribution in [1.29, 1.82) is 0 Å². The number of rotatable bonds is 6. The summed E-state index contributed by atoms with van der Waals surface area (Å²) >= 11 is 13.5. The number of amides is 1. The normalized spacial score (nSPS) is 10.5. The second kappa shape index (κ2) is 8.34. The van der Waals surface area contributed by atoms with E-state index in [0.717, 1.165) is 10.4 Å². The highest BCUT2D eigenvalue weighted by Gasteiger charge is 2.09. The zero-order valence-corrected chi connectivity index (χ0v) is 15.4. The van der Waals surface area contributed by atoms with Gasteiger partial charge in [-0.2, -0.15) is 0 Å². The molecule has 7 heteroatoms. The molecular formula is C18H14Cl2N2O2S. The smallest absolute Gasteiger partial charge is 0.264 e. The topological polar surface area (TPSA) is 51.2 Å². The highest BCUT2D eigenvalue weighted by atomic mass is 35.5. The Morgan fingerprint density at radius 2 is 1.96 bits per heavy atom. The largest absolute Gasteiger partial charge is 0.484 e. The first-order valence-corrected chi connectivity index (χ1v) is 9.04. The fraction of sp³-hybridized carbons (Fsp3) is 0.111. The number of thiazole rings is 1. The minimum atomic E-state index is -0.255. The SMILES string of the molecule is O=C(COc1ccccc1)Nc1ncc(Cc2ccc(Cl)cc2Cl)s1. The summed E-state index contributed by atoms with van der Waals surface area (Å²) in [5.74, 6) is 0.393. The van der Waals surface area contributed by atoms with Gasteiger partial charge in [-0.05, 0) is 29.8 Å². The number of aromatic nitrogens is 1. The molecule has 25 heavy (non-hydrogen) atoms. The van der Waals surface area contributed by atoms with Crippen molar-refractivity contribution in [1.82, 2.24) is 4.98 Å². The molecule has 128 valence electrons. The van der Waals surface area contributed by atoms with Crippen molar-refractivity contribution in [2.75, 3.05) is 11.9 Å². The van der Waals surface area contributed by atoms with Gasteiger partial charge < -0.3 is 4.74 Å². The molecule has 0 saturated heterocycles. The van der Waals surface area contributed by atoms with Crippen LogP contribution in [0, 0.1) is 0 Å². The Kier molecular flexibility index (Phi) is 5.91. The predicted molar refractivity (Wildman–Crippen MR) is 102 cm³/mol. The molecule has 1 amide bonds. The number of carbonyl (C=O) groups excluding carboxylic acids is 1. The van der Waals surface area contributed by atoms with Gasteiger partial charge in [-0.15, -0.1) is 11.3 Å². The van der Waals surface area contributed by atoms with E-state index in [-0.39, 0.29) is 12.5 Å². The third kappa shape index (κ3) is 5.19. The molecule has 3 rings (SSSR count). The number of para-hydroxylation sites is 1. The Hall–Kier alpha value is -2.08. The van der Waals surface area contributed by atoms with E-state index in [1.165, 1.54) is 11.3 Å². The number of hydrogen-bond donors (Lipinski definition) is 1. The lowest BCUT2D eigenvalue weighted by Crippen LogP contribution is -2.19. The second-order valence-corrected chi connectivity index (χ2v) is 7.15. The zero-order valence-electron chi connectivity index (χ0n) is 13.0. The number of hydrogen-bond acceptors (Lipinski definition) is 4. The first kappa shape index (κ1) is 17.7. The predicted octanol–water partition coefficient (Wildman–Crippen LogP) is 5.06. The molecule has 3 aromatic rings. The lowest BCUT2D eigenvalue weighted by Gasteiger charge is -2.05. The number of nitrogens with one attached hydrogen (secondary N) is 1. The van der Waals surface area contributed by atoms with E-state index in [4.69, 9.17) is 27.9 Å². The average molecular weight is 393 g/mol. The Bertz CT molecular complexity index is 869. The molecule has 0 bridgehead atoms. The van der Waals surface area contributed by atoms with Crippen LogP contribution in [0.5, 0.6) is 5.75 Å². The van der Waals surface area contributed by atoms with Crippen LogP contribution in [0.2, 0.25) is 10.0 Å². The third-order valence-electron chi connectivity index (χ3n) is 3.29. The lowest BCUT2D eigenvalue weighted by atomic mass is 10.1. The van der Waals surface area contributed by atoms with Crippen LogP contribution in [0.3, 0.4) is 0 Å². The average Bonchev–Trinajstić information content (AvgIpc) is 3.03. The molecule has 0 aliphatic carbocycles. The van der Waals surface area contributed by atoms with E-state index >= 15 is 0 Å². The number of carbonyl (C=O) groups is 1. The maximum absolute atomic E-state index is 11.9. The first-order valence-electron chi connectivity index (χ1n) is 7.46. The standard InChI is InChI=1S/C18H14Cl2N2O2S/c19-13-7-6-12(16(20)9-13)8-15-10-21-18(25-15)22-17(23)11-24-14-4-2-1-3-5-14/h1-7,9-10H,8,11H2,(H,21,22,23). The van der Waals surface area contributed by atoms with Crippen LogP contribution in [0.4, 0.5) is 5.13 Å². The van der Waals surface area contributed by atoms with Crippen molar-refractivity contribution < 1.29 is 9.53 Å². The van der Waals surface area contributed by atoms with Gasteiger partial charge >= 0.3 is 0 Å². The summed E-state index contributed by atoms with van der Waals surface area (Å²) < 4.78 is 5.40. The van der Waals surface area contributed by atoms with Crippen LogP contribution in [0.1, 0.15) is 10.4 Å². The van der Waals surface area contributed by atoms with Crippen molar-refractivity contribution in [3.63, 3.8) is 0 Å². The molecule has 0 atom stereocenters. The minimum absolute atomic E-state index is 0.0675. The van der Waals surface area contributed by atoms with Gasteiger partial charge in [0.2, 0.25) is 0 Å². The maximum atomic E-state index is 11.9. The molecule has 0 saturated carbocycles. The molecular weight excluding hydrogens is 379 g/mol. The molecule has 2 aromatic carbocycles. The number of anilines is 1. The van der Waals surface area contributed by atoms with Crippen LogP contribution >= 0.6 is 34.5 Å². The van der Waals surface area contributed by atoms with Crippen LogP contribution in [-0.4, -0.2) is 17.5 Å². The summed E-state index contributed by atoms with van der Waals surface area (Å²) in [6, 6.07) is 14.6. The Balaban J connectivity index is 1.55. The van der Waals surface area contributed by atoms with Crippen LogP contribution in [0.15, 0.2) is 54.7 Å². The molecule has 4 nitrogen and oxygen atoms in total. The van der Waals surface area contributed by atoms with Gasteiger partial charge in [-0.3, -0.25) is 10.1 Å². The summed E-state index contributed by atoms with van der Waals surface area (Å²) in [6.07, 6.45) is 2.35. The number of halogens is 2. The monoisotopic (exact) mass is 392 g/mol. The first-order chi connectivity index (χ1) is 12.1. The molecule has 0 aliphatic heterocycles. The van der Waals surface area contributed by atoms with E-state index < -0.39 is 0 Å². The van der Waals surface area contributed by atoms with Gasteiger partial charge in [-0.1, -0.05) is 47.5 Å². The molecule has 0 fully saturated rings. The third-order valence-corrected chi connectivity index (χ3v) is 4.79. The molecule has 0 aliphatic rings. The van der Waals surface area contributed by atoms with Crippen LogP contribution in [0.25, 0.3) is 0 Å². The molecule has 0 spiro atoms.